The number of hydrogen-bond acceptors (Lipinski definition) is 4. The van der Waals surface area contributed by atoms with Gasteiger partial charge in [-0.15, -0.1) is 0 Å². The third kappa shape index (κ3) is 2.71. The molecule has 68 valence electrons. The molecule has 0 saturated carbocycles. The number of aromatic nitrogens is 2. The number of rotatable bonds is 3. The highest BCUT2D eigenvalue weighted by atomic mass is 15.0. The maximum atomic E-state index is 8.69. The van der Waals surface area contributed by atoms with Crippen molar-refractivity contribution in [3.63, 3.8) is 0 Å². The van der Waals surface area contributed by atoms with Crippen molar-refractivity contribution in [1.82, 2.24) is 9.97 Å². The molecule has 1 aromatic rings. The van der Waals surface area contributed by atoms with Crippen LogP contribution in [-0.4, -0.2) is 16.5 Å². The van der Waals surface area contributed by atoms with E-state index in [-0.39, 0.29) is 0 Å². The standard InChI is InChI=1S/C9H12N4/c1-7(2)6-13-9-8(5-10)11-3-4-12-9/h3-4,7H,6H2,1-2H3,(H,12,13). The first kappa shape index (κ1) is 9.46. The predicted octanol–water partition coefficient (Wildman–Crippen LogP) is 1.42. The number of nitriles is 1. The summed E-state index contributed by atoms with van der Waals surface area (Å²) in [5.41, 5.74) is 0.350. The Balaban J connectivity index is 2.71. The maximum absolute atomic E-state index is 8.69. The molecule has 1 N–H and O–H groups in total. The third-order valence-electron chi connectivity index (χ3n) is 1.48. The lowest BCUT2D eigenvalue weighted by Gasteiger charge is -2.07. The van der Waals surface area contributed by atoms with Gasteiger partial charge in [0.2, 0.25) is 0 Å². The van der Waals surface area contributed by atoms with E-state index in [1.807, 2.05) is 6.07 Å². The fourth-order valence-electron chi connectivity index (χ4n) is 0.850. The quantitative estimate of drug-likeness (QED) is 0.756. The molecule has 13 heavy (non-hydrogen) atoms. The van der Waals surface area contributed by atoms with Crippen molar-refractivity contribution in [3.8, 4) is 6.07 Å². The van der Waals surface area contributed by atoms with Crippen molar-refractivity contribution in [1.29, 1.82) is 5.26 Å². The molecule has 1 heterocycles. The SMILES string of the molecule is CC(C)CNc1nccnc1C#N. The average Bonchev–Trinajstić information content (AvgIpc) is 2.15. The maximum Gasteiger partial charge on any atom is 0.182 e. The van der Waals surface area contributed by atoms with Crippen molar-refractivity contribution in [2.24, 2.45) is 5.92 Å². The van der Waals surface area contributed by atoms with E-state index in [0.717, 1.165) is 6.54 Å². The number of anilines is 1. The van der Waals surface area contributed by atoms with Crippen LogP contribution in [0.5, 0.6) is 0 Å². The minimum atomic E-state index is 0.350. The summed E-state index contributed by atoms with van der Waals surface area (Å²) >= 11 is 0. The Kier molecular flexibility index (Phi) is 3.21. The zero-order valence-electron chi connectivity index (χ0n) is 7.78. The first-order chi connectivity index (χ1) is 6.24. The van der Waals surface area contributed by atoms with E-state index >= 15 is 0 Å². The normalized spacial score (nSPS) is 9.69. The minimum absolute atomic E-state index is 0.350. The highest BCUT2D eigenvalue weighted by molar-refractivity contribution is 5.46. The Hall–Kier alpha value is -1.63. The second-order valence-electron chi connectivity index (χ2n) is 3.14. The van der Waals surface area contributed by atoms with Crippen LogP contribution in [0.3, 0.4) is 0 Å². The third-order valence-corrected chi connectivity index (χ3v) is 1.48. The van der Waals surface area contributed by atoms with E-state index in [1.54, 1.807) is 6.20 Å². The minimum Gasteiger partial charge on any atom is -0.367 e. The summed E-state index contributed by atoms with van der Waals surface area (Å²) in [6, 6.07) is 1.98. The summed E-state index contributed by atoms with van der Waals surface area (Å²) in [6.45, 7) is 4.98. The molecule has 0 aliphatic heterocycles. The molecule has 0 radical (unpaired) electrons. The van der Waals surface area contributed by atoms with Gasteiger partial charge in [-0.05, 0) is 5.92 Å². The molecule has 4 heteroatoms. The van der Waals surface area contributed by atoms with E-state index < -0.39 is 0 Å². The van der Waals surface area contributed by atoms with Crippen LogP contribution in [0.1, 0.15) is 19.5 Å². The molecule has 0 bridgehead atoms. The lowest BCUT2D eigenvalue weighted by atomic mass is 10.2. The van der Waals surface area contributed by atoms with Gasteiger partial charge in [0.1, 0.15) is 6.07 Å². The van der Waals surface area contributed by atoms with Gasteiger partial charge >= 0.3 is 0 Å². The molecule has 1 rings (SSSR count). The molecule has 0 fully saturated rings. The van der Waals surface area contributed by atoms with E-state index in [4.69, 9.17) is 5.26 Å². The van der Waals surface area contributed by atoms with Gasteiger partial charge in [-0.3, -0.25) is 0 Å². The Morgan fingerprint density at radius 1 is 1.46 bits per heavy atom. The largest absolute Gasteiger partial charge is 0.367 e. The zero-order chi connectivity index (χ0) is 9.68. The summed E-state index contributed by atoms with van der Waals surface area (Å²) in [7, 11) is 0. The first-order valence-corrected chi connectivity index (χ1v) is 4.19. The Labute approximate surface area is 77.6 Å². The van der Waals surface area contributed by atoms with Crippen LogP contribution in [0.2, 0.25) is 0 Å². The van der Waals surface area contributed by atoms with Crippen LogP contribution in [0.4, 0.5) is 5.82 Å². The Morgan fingerprint density at radius 3 is 2.77 bits per heavy atom. The molecule has 0 aliphatic rings. The fourth-order valence-corrected chi connectivity index (χ4v) is 0.850. The van der Waals surface area contributed by atoms with Crippen LogP contribution in [0.25, 0.3) is 0 Å². The van der Waals surface area contributed by atoms with Crippen LogP contribution < -0.4 is 5.32 Å². The summed E-state index contributed by atoms with van der Waals surface area (Å²) in [6.07, 6.45) is 3.09. The molecule has 0 spiro atoms. The lowest BCUT2D eigenvalue weighted by Crippen LogP contribution is -2.10. The summed E-state index contributed by atoms with van der Waals surface area (Å²) in [5, 5.41) is 11.8. The molecule has 0 amide bonds. The average molecular weight is 176 g/mol. The van der Waals surface area contributed by atoms with Gasteiger partial charge < -0.3 is 5.32 Å². The van der Waals surface area contributed by atoms with Gasteiger partial charge in [0, 0.05) is 18.9 Å². The lowest BCUT2D eigenvalue weighted by molar-refractivity contribution is 0.686. The number of hydrogen-bond donors (Lipinski definition) is 1. The topological polar surface area (TPSA) is 61.6 Å². The van der Waals surface area contributed by atoms with Gasteiger partial charge in [0.15, 0.2) is 11.5 Å². The van der Waals surface area contributed by atoms with Gasteiger partial charge in [-0.1, -0.05) is 13.8 Å². The van der Waals surface area contributed by atoms with Crippen LogP contribution in [0.15, 0.2) is 12.4 Å². The first-order valence-electron chi connectivity index (χ1n) is 4.19. The summed E-state index contributed by atoms with van der Waals surface area (Å²) in [5.74, 6) is 1.09. The molecule has 0 aliphatic carbocycles. The van der Waals surface area contributed by atoms with E-state index in [9.17, 15) is 0 Å². The molecular formula is C9H12N4. The second-order valence-corrected chi connectivity index (χ2v) is 3.14. The number of nitrogens with one attached hydrogen (secondary N) is 1. The smallest absolute Gasteiger partial charge is 0.182 e. The molecular weight excluding hydrogens is 164 g/mol. The van der Waals surface area contributed by atoms with E-state index in [0.29, 0.717) is 17.4 Å². The summed E-state index contributed by atoms with van der Waals surface area (Å²) in [4.78, 5) is 7.91. The molecule has 0 atom stereocenters. The van der Waals surface area contributed by atoms with Crippen LogP contribution >= 0.6 is 0 Å². The molecule has 0 unspecified atom stereocenters. The molecule has 1 aromatic heterocycles. The van der Waals surface area contributed by atoms with E-state index in [1.165, 1.54) is 6.20 Å². The van der Waals surface area contributed by atoms with E-state index in [2.05, 4.69) is 29.1 Å². The van der Waals surface area contributed by atoms with Gasteiger partial charge in [0.25, 0.3) is 0 Å². The van der Waals surface area contributed by atoms with Gasteiger partial charge in [0.05, 0.1) is 0 Å². The highest BCUT2D eigenvalue weighted by Crippen LogP contribution is 2.06. The number of nitrogens with zero attached hydrogens (tertiary/aromatic N) is 3. The predicted molar refractivity (Wildman–Crippen MR) is 50.1 cm³/mol. The van der Waals surface area contributed by atoms with Crippen molar-refractivity contribution in [2.75, 3.05) is 11.9 Å². The molecule has 0 saturated heterocycles. The fraction of sp³-hybridized carbons (Fsp3) is 0.444. The van der Waals surface area contributed by atoms with Crippen molar-refractivity contribution in [3.05, 3.63) is 18.1 Å². The summed E-state index contributed by atoms with van der Waals surface area (Å²) < 4.78 is 0. The monoisotopic (exact) mass is 176 g/mol. The molecule has 0 aromatic carbocycles. The van der Waals surface area contributed by atoms with Crippen molar-refractivity contribution >= 4 is 5.82 Å². The second kappa shape index (κ2) is 4.41. The van der Waals surface area contributed by atoms with Crippen LogP contribution in [-0.2, 0) is 0 Å². The van der Waals surface area contributed by atoms with Gasteiger partial charge in [-0.25, -0.2) is 9.97 Å². The molecule has 4 nitrogen and oxygen atoms in total. The van der Waals surface area contributed by atoms with Gasteiger partial charge in [-0.2, -0.15) is 5.26 Å². The zero-order valence-corrected chi connectivity index (χ0v) is 7.78. The Bertz CT molecular complexity index is 314. The van der Waals surface area contributed by atoms with Crippen molar-refractivity contribution < 1.29 is 0 Å². The van der Waals surface area contributed by atoms with Crippen molar-refractivity contribution in [2.45, 2.75) is 13.8 Å². The highest BCUT2D eigenvalue weighted by Gasteiger charge is 2.03. The van der Waals surface area contributed by atoms with Crippen LogP contribution in [0, 0.1) is 17.2 Å². The Morgan fingerprint density at radius 2 is 2.15 bits per heavy atom.